The van der Waals surface area contributed by atoms with E-state index in [1.807, 2.05) is 0 Å². The lowest BCUT2D eigenvalue weighted by Crippen LogP contribution is -2.38. The van der Waals surface area contributed by atoms with Gasteiger partial charge < -0.3 is 10.4 Å². The Labute approximate surface area is 115 Å². The number of hydrogen-bond acceptors (Lipinski definition) is 4. The fraction of sp³-hybridized carbons (Fsp3) is 0.273. The van der Waals surface area contributed by atoms with Gasteiger partial charge in [-0.3, -0.25) is 9.59 Å². The first-order valence-electron chi connectivity index (χ1n) is 5.16. The normalized spacial score (nSPS) is 12.8. The van der Waals surface area contributed by atoms with E-state index in [-0.39, 0.29) is 15.5 Å². The molecule has 1 rings (SSSR count). The second-order valence-corrected chi connectivity index (χ2v) is 6.34. The average molecular weight is 306 g/mol. The van der Waals surface area contributed by atoms with Crippen molar-refractivity contribution in [3.05, 3.63) is 28.8 Å². The minimum absolute atomic E-state index is 0.00494. The predicted octanol–water partition coefficient (Wildman–Crippen LogP) is 0.946. The molecule has 1 aromatic carbocycles. The molecule has 0 radical (unpaired) electrons. The zero-order valence-corrected chi connectivity index (χ0v) is 11.7. The number of sulfone groups is 1. The van der Waals surface area contributed by atoms with Crippen LogP contribution >= 0.6 is 11.6 Å². The van der Waals surface area contributed by atoms with Gasteiger partial charge >= 0.3 is 5.97 Å². The highest BCUT2D eigenvalue weighted by Crippen LogP contribution is 2.22. The Bertz CT molecular complexity index is 626. The maximum absolute atomic E-state index is 11.7. The summed E-state index contributed by atoms with van der Waals surface area (Å²) >= 11 is 5.74. The van der Waals surface area contributed by atoms with Crippen molar-refractivity contribution in [2.45, 2.75) is 17.9 Å². The molecule has 0 fully saturated rings. The zero-order valence-electron chi connectivity index (χ0n) is 10.2. The van der Waals surface area contributed by atoms with E-state index >= 15 is 0 Å². The third kappa shape index (κ3) is 3.93. The first kappa shape index (κ1) is 15.5. The summed E-state index contributed by atoms with van der Waals surface area (Å²) in [5.41, 5.74) is 0.0259. The number of carboxylic acid groups (broad SMARTS) is 1. The molecule has 0 bridgehead atoms. The number of benzene rings is 1. The molecular formula is C11H12ClNO5S. The largest absolute Gasteiger partial charge is 0.480 e. The van der Waals surface area contributed by atoms with Crippen LogP contribution in [-0.4, -0.2) is 37.7 Å². The Balaban J connectivity index is 3.10. The first-order valence-corrected chi connectivity index (χ1v) is 7.43. The Morgan fingerprint density at radius 1 is 1.37 bits per heavy atom. The van der Waals surface area contributed by atoms with Gasteiger partial charge in [0.2, 0.25) is 0 Å². The quantitative estimate of drug-likeness (QED) is 0.862. The van der Waals surface area contributed by atoms with E-state index in [2.05, 4.69) is 5.32 Å². The molecule has 8 heteroatoms. The summed E-state index contributed by atoms with van der Waals surface area (Å²) < 4.78 is 22.9. The van der Waals surface area contributed by atoms with Crippen molar-refractivity contribution >= 4 is 33.3 Å². The molecule has 0 heterocycles. The molecule has 0 aromatic heterocycles. The van der Waals surface area contributed by atoms with Crippen LogP contribution in [0.5, 0.6) is 0 Å². The molecule has 19 heavy (non-hydrogen) atoms. The lowest BCUT2D eigenvalue weighted by molar-refractivity contribution is -0.138. The van der Waals surface area contributed by atoms with Gasteiger partial charge in [-0.1, -0.05) is 11.6 Å². The first-order chi connectivity index (χ1) is 8.62. The molecule has 6 nitrogen and oxygen atoms in total. The number of carboxylic acids is 1. The zero-order chi connectivity index (χ0) is 14.8. The molecule has 1 aromatic rings. The van der Waals surface area contributed by atoms with Crippen molar-refractivity contribution in [1.29, 1.82) is 0 Å². The molecule has 0 spiro atoms. The van der Waals surface area contributed by atoms with Gasteiger partial charge in [0, 0.05) is 11.8 Å². The van der Waals surface area contributed by atoms with E-state index < -0.39 is 27.8 Å². The van der Waals surface area contributed by atoms with E-state index in [1.54, 1.807) is 0 Å². The summed E-state index contributed by atoms with van der Waals surface area (Å²) in [4.78, 5) is 22.2. The molecule has 1 atom stereocenters. The molecule has 0 aliphatic carbocycles. The number of nitrogens with one attached hydrogen (secondary N) is 1. The molecule has 2 N–H and O–H groups in total. The minimum Gasteiger partial charge on any atom is -0.480 e. The number of carbonyl (C=O) groups is 2. The summed E-state index contributed by atoms with van der Waals surface area (Å²) in [7, 11) is -3.56. The summed E-state index contributed by atoms with van der Waals surface area (Å²) in [6.07, 6.45) is 0.968. The third-order valence-electron chi connectivity index (χ3n) is 2.31. The second-order valence-electron chi connectivity index (χ2n) is 3.95. The molecule has 1 amide bonds. The summed E-state index contributed by atoms with van der Waals surface area (Å²) in [5.74, 6) is -1.87. The van der Waals surface area contributed by atoms with Crippen molar-refractivity contribution in [2.75, 3.05) is 6.26 Å². The maximum Gasteiger partial charge on any atom is 0.325 e. The van der Waals surface area contributed by atoms with Gasteiger partial charge in [0.1, 0.15) is 6.04 Å². The maximum atomic E-state index is 11.7. The number of rotatable bonds is 4. The highest BCUT2D eigenvalue weighted by atomic mass is 35.5. The lowest BCUT2D eigenvalue weighted by Gasteiger charge is -2.10. The lowest BCUT2D eigenvalue weighted by atomic mass is 10.2. The van der Waals surface area contributed by atoms with Gasteiger partial charge in [-0.25, -0.2) is 8.42 Å². The van der Waals surface area contributed by atoms with Crippen LogP contribution in [0, 0.1) is 0 Å². The van der Waals surface area contributed by atoms with Crippen LogP contribution < -0.4 is 5.32 Å². The van der Waals surface area contributed by atoms with Gasteiger partial charge in [-0.2, -0.15) is 0 Å². The molecule has 1 unspecified atom stereocenters. The van der Waals surface area contributed by atoms with Crippen LogP contribution in [-0.2, 0) is 14.6 Å². The fourth-order valence-corrected chi connectivity index (χ4v) is 2.57. The van der Waals surface area contributed by atoms with Crippen molar-refractivity contribution in [3.8, 4) is 0 Å². The smallest absolute Gasteiger partial charge is 0.325 e. The van der Waals surface area contributed by atoms with E-state index in [4.69, 9.17) is 16.7 Å². The highest BCUT2D eigenvalue weighted by Gasteiger charge is 2.18. The van der Waals surface area contributed by atoms with Gasteiger partial charge in [0.05, 0.1) is 9.92 Å². The predicted molar refractivity (Wildman–Crippen MR) is 69.1 cm³/mol. The molecule has 0 saturated heterocycles. The van der Waals surface area contributed by atoms with Crippen LogP contribution in [0.1, 0.15) is 17.3 Å². The van der Waals surface area contributed by atoms with Crippen molar-refractivity contribution in [1.82, 2.24) is 5.32 Å². The molecule has 0 aliphatic heterocycles. The highest BCUT2D eigenvalue weighted by molar-refractivity contribution is 7.90. The Morgan fingerprint density at radius 2 is 1.95 bits per heavy atom. The summed E-state index contributed by atoms with van der Waals surface area (Å²) in [5, 5.41) is 10.9. The van der Waals surface area contributed by atoms with Gasteiger partial charge in [0.15, 0.2) is 9.84 Å². The van der Waals surface area contributed by atoms with Crippen molar-refractivity contribution in [3.63, 3.8) is 0 Å². The van der Waals surface area contributed by atoms with Crippen LogP contribution in [0.4, 0.5) is 0 Å². The average Bonchev–Trinajstić information content (AvgIpc) is 2.27. The Hall–Kier alpha value is -1.60. The van der Waals surface area contributed by atoms with E-state index in [0.717, 1.165) is 12.3 Å². The van der Waals surface area contributed by atoms with Crippen LogP contribution in [0.2, 0.25) is 5.02 Å². The van der Waals surface area contributed by atoms with E-state index in [9.17, 15) is 18.0 Å². The standard InChI is InChI=1S/C11H12ClNO5S/c1-6(11(15)16)13-10(14)7-3-4-8(12)9(5-7)19(2,17)18/h3-6H,1-2H3,(H,13,14)(H,15,16). The third-order valence-corrected chi connectivity index (χ3v) is 3.89. The van der Waals surface area contributed by atoms with E-state index in [1.165, 1.54) is 19.1 Å². The number of amides is 1. The Kier molecular flexibility index (Phi) is 4.54. The molecule has 0 saturated carbocycles. The summed E-state index contributed by atoms with van der Waals surface area (Å²) in [6, 6.07) is 2.63. The number of halogens is 1. The topological polar surface area (TPSA) is 101 Å². The SMILES string of the molecule is CC(NC(=O)c1ccc(Cl)c(S(C)(=O)=O)c1)C(=O)O. The van der Waals surface area contributed by atoms with Crippen LogP contribution in [0.3, 0.4) is 0 Å². The number of aliphatic carboxylic acids is 1. The van der Waals surface area contributed by atoms with Crippen LogP contribution in [0.25, 0.3) is 0 Å². The number of hydrogen-bond donors (Lipinski definition) is 2. The number of carbonyl (C=O) groups excluding carboxylic acids is 1. The monoisotopic (exact) mass is 305 g/mol. The minimum atomic E-state index is -3.56. The summed E-state index contributed by atoms with van der Waals surface area (Å²) in [6.45, 7) is 1.30. The van der Waals surface area contributed by atoms with Crippen LogP contribution in [0.15, 0.2) is 23.1 Å². The second kappa shape index (κ2) is 5.58. The molecular weight excluding hydrogens is 294 g/mol. The van der Waals surface area contributed by atoms with Gasteiger partial charge in [-0.05, 0) is 25.1 Å². The molecule has 104 valence electrons. The van der Waals surface area contributed by atoms with Crippen molar-refractivity contribution in [2.24, 2.45) is 0 Å². The van der Waals surface area contributed by atoms with Crippen molar-refractivity contribution < 1.29 is 23.1 Å². The molecule has 0 aliphatic rings. The van der Waals surface area contributed by atoms with Gasteiger partial charge in [-0.15, -0.1) is 0 Å². The van der Waals surface area contributed by atoms with E-state index in [0.29, 0.717) is 0 Å². The Morgan fingerprint density at radius 3 is 2.42 bits per heavy atom. The van der Waals surface area contributed by atoms with Gasteiger partial charge in [0.25, 0.3) is 5.91 Å². The fourth-order valence-electron chi connectivity index (χ4n) is 1.27.